The number of benzene rings is 1. The first-order chi connectivity index (χ1) is 10.4. The molecule has 2 aromatic heterocycles. The Morgan fingerprint density at radius 1 is 1.00 bits per heavy atom. The van der Waals surface area contributed by atoms with Gasteiger partial charge in [0.05, 0.1) is 5.69 Å². The highest BCUT2D eigenvalue weighted by molar-refractivity contribution is 6.30. The quantitative estimate of drug-likeness (QED) is 0.715. The van der Waals surface area contributed by atoms with E-state index in [0.29, 0.717) is 10.7 Å². The van der Waals surface area contributed by atoms with Crippen LogP contribution in [-0.2, 0) is 6.18 Å². The summed E-state index contributed by atoms with van der Waals surface area (Å²) in [5.74, 6) is 0.0583. The van der Waals surface area contributed by atoms with Crippen LogP contribution < -0.4 is 0 Å². The molecule has 8 heteroatoms. The van der Waals surface area contributed by atoms with E-state index >= 15 is 0 Å². The van der Waals surface area contributed by atoms with Gasteiger partial charge in [0.25, 0.3) is 5.95 Å². The molecule has 0 amide bonds. The Morgan fingerprint density at radius 2 is 1.73 bits per heavy atom. The van der Waals surface area contributed by atoms with Gasteiger partial charge in [-0.05, 0) is 24.3 Å². The Morgan fingerprint density at radius 3 is 2.36 bits per heavy atom. The SMILES string of the molecule is FC(F)(F)c1ccn(-c2nccc(-c3ccc(Cl)cc3)n2)n1. The van der Waals surface area contributed by atoms with Crippen molar-refractivity contribution in [1.82, 2.24) is 19.7 Å². The molecule has 0 spiro atoms. The predicted octanol–water partition coefficient (Wildman–Crippen LogP) is 4.00. The van der Waals surface area contributed by atoms with Crippen LogP contribution in [0.4, 0.5) is 13.2 Å². The normalized spacial score (nSPS) is 11.6. The molecule has 0 radical (unpaired) electrons. The van der Waals surface area contributed by atoms with Crippen LogP contribution in [-0.4, -0.2) is 19.7 Å². The maximum atomic E-state index is 12.6. The summed E-state index contributed by atoms with van der Waals surface area (Å²) in [6.45, 7) is 0. The number of nitrogens with zero attached hydrogens (tertiary/aromatic N) is 4. The van der Waals surface area contributed by atoms with E-state index in [4.69, 9.17) is 11.6 Å². The molecule has 0 fully saturated rings. The van der Waals surface area contributed by atoms with Gasteiger partial charge in [-0.25, -0.2) is 14.6 Å². The average Bonchev–Trinajstić information content (AvgIpc) is 2.98. The van der Waals surface area contributed by atoms with Gasteiger partial charge in [-0.2, -0.15) is 18.3 Å². The number of hydrogen-bond acceptors (Lipinski definition) is 3. The molecule has 0 saturated carbocycles. The van der Waals surface area contributed by atoms with Crippen LogP contribution in [0.2, 0.25) is 5.02 Å². The lowest BCUT2D eigenvalue weighted by molar-refractivity contribution is -0.141. The van der Waals surface area contributed by atoms with Gasteiger partial charge in [-0.15, -0.1) is 0 Å². The van der Waals surface area contributed by atoms with Crippen LogP contribution >= 0.6 is 11.6 Å². The average molecular weight is 325 g/mol. The van der Waals surface area contributed by atoms with Gasteiger partial charge in [0.2, 0.25) is 0 Å². The summed E-state index contributed by atoms with van der Waals surface area (Å²) in [6, 6.07) is 9.46. The zero-order valence-corrected chi connectivity index (χ0v) is 11.7. The van der Waals surface area contributed by atoms with E-state index in [2.05, 4.69) is 15.1 Å². The Labute approximate surface area is 128 Å². The third kappa shape index (κ3) is 2.94. The molecule has 0 aliphatic carbocycles. The van der Waals surface area contributed by atoms with E-state index in [0.717, 1.165) is 16.3 Å². The molecule has 3 rings (SSSR count). The molecule has 0 saturated heterocycles. The lowest BCUT2D eigenvalue weighted by Crippen LogP contribution is -2.08. The number of halogens is 4. The minimum atomic E-state index is -4.50. The van der Waals surface area contributed by atoms with Gasteiger partial charge in [-0.3, -0.25) is 0 Å². The molecule has 0 aliphatic heterocycles. The molecule has 0 atom stereocenters. The fourth-order valence-electron chi connectivity index (χ4n) is 1.83. The van der Waals surface area contributed by atoms with E-state index in [9.17, 15) is 13.2 Å². The maximum absolute atomic E-state index is 12.6. The summed E-state index contributed by atoms with van der Waals surface area (Å²) < 4.78 is 38.7. The zero-order valence-electron chi connectivity index (χ0n) is 10.9. The zero-order chi connectivity index (χ0) is 15.7. The highest BCUT2D eigenvalue weighted by Crippen LogP contribution is 2.27. The van der Waals surface area contributed by atoms with Crippen LogP contribution in [0.15, 0.2) is 48.8 Å². The number of hydrogen-bond donors (Lipinski definition) is 0. The molecular weight excluding hydrogens is 317 g/mol. The molecule has 0 unspecified atom stereocenters. The largest absolute Gasteiger partial charge is 0.435 e. The molecular formula is C14H8ClF3N4. The molecule has 0 N–H and O–H groups in total. The van der Waals surface area contributed by atoms with Crippen molar-refractivity contribution >= 4 is 11.6 Å². The number of rotatable bonds is 2. The summed E-state index contributed by atoms with van der Waals surface area (Å²) in [5, 5.41) is 4.03. The molecule has 112 valence electrons. The molecule has 22 heavy (non-hydrogen) atoms. The summed E-state index contributed by atoms with van der Waals surface area (Å²) in [6.07, 6.45) is -1.87. The topological polar surface area (TPSA) is 43.6 Å². The molecule has 0 bridgehead atoms. The van der Waals surface area contributed by atoms with Crippen molar-refractivity contribution < 1.29 is 13.2 Å². The fourth-order valence-corrected chi connectivity index (χ4v) is 1.95. The van der Waals surface area contributed by atoms with Crippen molar-refractivity contribution in [3.8, 4) is 17.2 Å². The van der Waals surface area contributed by atoms with Crippen LogP contribution in [0, 0.1) is 0 Å². The maximum Gasteiger partial charge on any atom is 0.435 e. The van der Waals surface area contributed by atoms with Crippen molar-refractivity contribution in [2.75, 3.05) is 0 Å². The van der Waals surface area contributed by atoms with Crippen LogP contribution in [0.25, 0.3) is 17.2 Å². The third-order valence-electron chi connectivity index (χ3n) is 2.87. The van der Waals surface area contributed by atoms with E-state index in [1.165, 1.54) is 12.4 Å². The van der Waals surface area contributed by atoms with Crippen molar-refractivity contribution in [2.24, 2.45) is 0 Å². The van der Waals surface area contributed by atoms with Gasteiger partial charge in [0.15, 0.2) is 5.69 Å². The summed E-state index contributed by atoms with van der Waals surface area (Å²) >= 11 is 5.82. The number of alkyl halides is 3. The first kappa shape index (κ1) is 14.5. The van der Waals surface area contributed by atoms with Crippen molar-refractivity contribution in [3.63, 3.8) is 0 Å². The predicted molar refractivity (Wildman–Crippen MR) is 74.6 cm³/mol. The second-order valence-corrected chi connectivity index (χ2v) is 4.83. The lowest BCUT2D eigenvalue weighted by Gasteiger charge is -2.04. The van der Waals surface area contributed by atoms with Crippen molar-refractivity contribution in [3.05, 3.63) is 59.5 Å². The van der Waals surface area contributed by atoms with Crippen molar-refractivity contribution in [2.45, 2.75) is 6.18 Å². The standard InChI is InChI=1S/C14H8ClF3N4/c15-10-3-1-9(2-4-10)11-5-7-19-13(20-11)22-8-6-12(21-22)14(16,17)18/h1-8H. The summed E-state index contributed by atoms with van der Waals surface area (Å²) in [4.78, 5) is 8.16. The van der Waals surface area contributed by atoms with E-state index in [1.807, 2.05) is 0 Å². The van der Waals surface area contributed by atoms with E-state index < -0.39 is 11.9 Å². The minimum absolute atomic E-state index is 0.0583. The van der Waals surface area contributed by atoms with Crippen LogP contribution in [0.3, 0.4) is 0 Å². The Balaban J connectivity index is 1.97. The van der Waals surface area contributed by atoms with Gasteiger partial charge in [-0.1, -0.05) is 23.7 Å². The lowest BCUT2D eigenvalue weighted by atomic mass is 10.1. The van der Waals surface area contributed by atoms with E-state index in [-0.39, 0.29) is 5.95 Å². The third-order valence-corrected chi connectivity index (χ3v) is 3.12. The first-order valence-electron chi connectivity index (χ1n) is 6.16. The molecule has 3 aromatic rings. The second-order valence-electron chi connectivity index (χ2n) is 4.39. The van der Waals surface area contributed by atoms with Gasteiger partial charge >= 0.3 is 6.18 Å². The number of aromatic nitrogens is 4. The fraction of sp³-hybridized carbons (Fsp3) is 0.0714. The highest BCUT2D eigenvalue weighted by Gasteiger charge is 2.33. The smallest absolute Gasteiger partial charge is 0.220 e. The minimum Gasteiger partial charge on any atom is -0.220 e. The van der Waals surface area contributed by atoms with Gasteiger partial charge in [0.1, 0.15) is 0 Å². The van der Waals surface area contributed by atoms with Crippen LogP contribution in [0.1, 0.15) is 5.69 Å². The van der Waals surface area contributed by atoms with Gasteiger partial charge < -0.3 is 0 Å². The summed E-state index contributed by atoms with van der Waals surface area (Å²) in [7, 11) is 0. The van der Waals surface area contributed by atoms with Crippen molar-refractivity contribution in [1.29, 1.82) is 0 Å². The van der Waals surface area contributed by atoms with Crippen LogP contribution in [0.5, 0.6) is 0 Å². The Hall–Kier alpha value is -2.41. The monoisotopic (exact) mass is 324 g/mol. The Kier molecular flexibility index (Phi) is 3.58. The molecule has 1 aromatic carbocycles. The first-order valence-corrected chi connectivity index (χ1v) is 6.53. The molecule has 4 nitrogen and oxygen atoms in total. The summed E-state index contributed by atoms with van der Waals surface area (Å²) in [5.41, 5.74) is 0.343. The van der Waals surface area contributed by atoms with Gasteiger partial charge in [0, 0.05) is 23.0 Å². The van der Waals surface area contributed by atoms with E-state index in [1.54, 1.807) is 30.3 Å². The Bertz CT molecular complexity index is 796. The molecule has 0 aliphatic rings. The molecule has 2 heterocycles. The second kappa shape index (κ2) is 5.42. The highest BCUT2D eigenvalue weighted by atomic mass is 35.5.